The predicted octanol–water partition coefficient (Wildman–Crippen LogP) is 0.494. The van der Waals surface area contributed by atoms with Crippen LogP contribution in [0.15, 0.2) is 24.3 Å². The van der Waals surface area contributed by atoms with E-state index in [1.165, 1.54) is 5.56 Å². The Balaban J connectivity index is 2.31. The third kappa shape index (κ3) is 5.39. The van der Waals surface area contributed by atoms with Crippen molar-refractivity contribution < 1.29 is 19.8 Å². The van der Waals surface area contributed by atoms with E-state index in [1.54, 1.807) is 0 Å². The lowest BCUT2D eigenvalue weighted by atomic mass is 10.1. The molecular weight excluding hydrogens is 248 g/mol. The second-order valence-corrected chi connectivity index (χ2v) is 4.09. The number of hydrogen-bond donors (Lipinski definition) is 4. The fourth-order valence-corrected chi connectivity index (χ4v) is 1.41. The third-order valence-corrected chi connectivity index (χ3v) is 2.63. The lowest BCUT2D eigenvalue weighted by Crippen LogP contribution is -2.41. The SMILES string of the molecule is CCc1ccc(CNC(=O)NC[C@H](O)C(=O)O)cc1. The van der Waals surface area contributed by atoms with E-state index in [2.05, 4.69) is 17.6 Å². The molecule has 0 bridgehead atoms. The van der Waals surface area contributed by atoms with Crippen molar-refractivity contribution in [3.05, 3.63) is 35.4 Å². The highest BCUT2D eigenvalue weighted by Gasteiger charge is 2.13. The smallest absolute Gasteiger partial charge is 0.334 e. The number of carbonyl (C=O) groups excluding carboxylic acids is 1. The van der Waals surface area contributed by atoms with Crippen LogP contribution in [0.4, 0.5) is 4.79 Å². The van der Waals surface area contributed by atoms with Gasteiger partial charge < -0.3 is 20.8 Å². The van der Waals surface area contributed by atoms with Gasteiger partial charge in [-0.3, -0.25) is 0 Å². The molecule has 4 N–H and O–H groups in total. The molecule has 0 fully saturated rings. The fraction of sp³-hybridized carbons (Fsp3) is 0.385. The first kappa shape index (κ1) is 15.0. The van der Waals surface area contributed by atoms with Crippen LogP contribution in [0.3, 0.4) is 0 Å². The van der Waals surface area contributed by atoms with Crippen LogP contribution in [-0.2, 0) is 17.8 Å². The van der Waals surface area contributed by atoms with Gasteiger partial charge in [0.2, 0.25) is 0 Å². The van der Waals surface area contributed by atoms with Crippen molar-refractivity contribution in [2.45, 2.75) is 26.0 Å². The Kier molecular flexibility index (Phi) is 5.81. The van der Waals surface area contributed by atoms with E-state index in [0.29, 0.717) is 6.54 Å². The summed E-state index contributed by atoms with van der Waals surface area (Å²) in [7, 11) is 0. The summed E-state index contributed by atoms with van der Waals surface area (Å²) >= 11 is 0. The summed E-state index contributed by atoms with van der Waals surface area (Å²) in [5.41, 5.74) is 2.17. The second kappa shape index (κ2) is 7.38. The van der Waals surface area contributed by atoms with E-state index in [1.807, 2.05) is 24.3 Å². The summed E-state index contributed by atoms with van der Waals surface area (Å²) in [6.45, 7) is 2.09. The number of carboxylic acid groups (broad SMARTS) is 1. The molecule has 6 nitrogen and oxygen atoms in total. The van der Waals surface area contributed by atoms with Gasteiger partial charge in [0.05, 0.1) is 6.54 Å². The van der Waals surface area contributed by atoms with Crippen LogP contribution in [0.5, 0.6) is 0 Å². The summed E-state index contributed by atoms with van der Waals surface area (Å²) in [6.07, 6.45) is -0.629. The van der Waals surface area contributed by atoms with E-state index < -0.39 is 18.1 Å². The van der Waals surface area contributed by atoms with Crippen molar-refractivity contribution in [2.24, 2.45) is 0 Å². The van der Waals surface area contributed by atoms with E-state index in [4.69, 9.17) is 10.2 Å². The highest BCUT2D eigenvalue weighted by molar-refractivity contribution is 5.76. The minimum atomic E-state index is -1.59. The molecule has 0 aliphatic heterocycles. The topological polar surface area (TPSA) is 98.7 Å². The molecule has 19 heavy (non-hydrogen) atoms. The van der Waals surface area contributed by atoms with Crippen molar-refractivity contribution in [1.29, 1.82) is 0 Å². The standard InChI is InChI=1S/C13H18N2O4/c1-2-9-3-5-10(6-4-9)7-14-13(19)15-8-11(16)12(17)18/h3-6,11,16H,2,7-8H2,1H3,(H,17,18)(H2,14,15,19)/t11-/m0/s1. The lowest BCUT2D eigenvalue weighted by molar-refractivity contribution is -0.146. The molecule has 1 atom stereocenters. The van der Waals surface area contributed by atoms with Gasteiger partial charge in [-0.2, -0.15) is 0 Å². The monoisotopic (exact) mass is 266 g/mol. The number of urea groups is 1. The summed E-state index contributed by atoms with van der Waals surface area (Å²) in [5, 5.41) is 22.3. The molecule has 1 rings (SSSR count). The minimum absolute atomic E-state index is 0.323. The van der Waals surface area contributed by atoms with E-state index in [9.17, 15) is 9.59 Å². The number of aryl methyl sites for hydroxylation is 1. The zero-order chi connectivity index (χ0) is 14.3. The van der Waals surface area contributed by atoms with Crippen molar-refractivity contribution >= 4 is 12.0 Å². The molecular formula is C13H18N2O4. The molecule has 0 aromatic heterocycles. The summed E-state index contributed by atoms with van der Waals surface area (Å²) in [5.74, 6) is -1.37. The number of benzene rings is 1. The molecule has 104 valence electrons. The number of carbonyl (C=O) groups is 2. The summed E-state index contributed by atoms with van der Waals surface area (Å²) in [4.78, 5) is 21.7. The third-order valence-electron chi connectivity index (χ3n) is 2.63. The highest BCUT2D eigenvalue weighted by Crippen LogP contribution is 2.04. The Hall–Kier alpha value is -2.08. The molecule has 0 spiro atoms. The lowest BCUT2D eigenvalue weighted by Gasteiger charge is -2.09. The first-order valence-electron chi connectivity index (χ1n) is 6.03. The molecule has 0 saturated carbocycles. The van der Waals surface area contributed by atoms with Crippen LogP contribution in [0.2, 0.25) is 0 Å². The Morgan fingerprint density at radius 3 is 2.26 bits per heavy atom. The first-order chi connectivity index (χ1) is 9.02. The highest BCUT2D eigenvalue weighted by atomic mass is 16.4. The summed E-state index contributed by atoms with van der Waals surface area (Å²) in [6, 6.07) is 7.31. The van der Waals surface area contributed by atoms with Crippen LogP contribution in [-0.4, -0.2) is 34.9 Å². The van der Waals surface area contributed by atoms with Gasteiger partial charge in [0, 0.05) is 6.54 Å². The maximum Gasteiger partial charge on any atom is 0.334 e. The van der Waals surface area contributed by atoms with Gasteiger partial charge in [0.15, 0.2) is 6.10 Å². The number of aliphatic carboxylic acids is 1. The number of amides is 2. The Morgan fingerprint density at radius 1 is 1.16 bits per heavy atom. The molecule has 6 heteroatoms. The largest absolute Gasteiger partial charge is 0.479 e. The normalized spacial score (nSPS) is 11.7. The van der Waals surface area contributed by atoms with Crippen molar-refractivity contribution in [3.8, 4) is 0 Å². The van der Waals surface area contributed by atoms with E-state index in [0.717, 1.165) is 12.0 Å². The molecule has 0 aliphatic rings. The average Bonchev–Trinajstić information content (AvgIpc) is 2.42. The zero-order valence-corrected chi connectivity index (χ0v) is 10.7. The fourth-order valence-electron chi connectivity index (χ4n) is 1.41. The van der Waals surface area contributed by atoms with Crippen LogP contribution in [0, 0.1) is 0 Å². The number of rotatable bonds is 6. The van der Waals surface area contributed by atoms with Crippen LogP contribution in [0.25, 0.3) is 0 Å². The molecule has 1 aromatic carbocycles. The van der Waals surface area contributed by atoms with Crippen LogP contribution in [0.1, 0.15) is 18.1 Å². The van der Waals surface area contributed by atoms with Crippen molar-refractivity contribution in [3.63, 3.8) is 0 Å². The van der Waals surface area contributed by atoms with Gasteiger partial charge in [0.1, 0.15) is 0 Å². The second-order valence-electron chi connectivity index (χ2n) is 4.09. The maximum absolute atomic E-state index is 11.3. The Bertz CT molecular complexity index is 431. The number of aliphatic hydroxyl groups is 1. The van der Waals surface area contributed by atoms with Gasteiger partial charge >= 0.3 is 12.0 Å². The molecule has 0 unspecified atom stereocenters. The molecule has 0 radical (unpaired) electrons. The number of carboxylic acids is 1. The first-order valence-corrected chi connectivity index (χ1v) is 6.03. The zero-order valence-electron chi connectivity index (χ0n) is 10.7. The van der Waals surface area contributed by atoms with Gasteiger partial charge in [-0.15, -0.1) is 0 Å². The Morgan fingerprint density at radius 2 is 1.74 bits per heavy atom. The van der Waals surface area contributed by atoms with Crippen LogP contribution >= 0.6 is 0 Å². The van der Waals surface area contributed by atoms with Gasteiger partial charge in [0.25, 0.3) is 0 Å². The van der Waals surface area contributed by atoms with Gasteiger partial charge in [-0.05, 0) is 17.5 Å². The van der Waals surface area contributed by atoms with E-state index in [-0.39, 0.29) is 6.54 Å². The maximum atomic E-state index is 11.3. The molecule has 2 amide bonds. The van der Waals surface area contributed by atoms with Gasteiger partial charge in [-0.1, -0.05) is 31.2 Å². The quantitative estimate of drug-likeness (QED) is 0.602. The summed E-state index contributed by atoms with van der Waals surface area (Å²) < 4.78 is 0. The van der Waals surface area contributed by atoms with Crippen LogP contribution < -0.4 is 10.6 Å². The van der Waals surface area contributed by atoms with Crippen molar-refractivity contribution in [2.75, 3.05) is 6.54 Å². The van der Waals surface area contributed by atoms with E-state index >= 15 is 0 Å². The van der Waals surface area contributed by atoms with Gasteiger partial charge in [-0.25, -0.2) is 9.59 Å². The molecule has 0 saturated heterocycles. The minimum Gasteiger partial charge on any atom is -0.479 e. The molecule has 1 aromatic rings. The molecule has 0 aliphatic carbocycles. The Labute approximate surface area is 111 Å². The van der Waals surface area contributed by atoms with Crippen molar-refractivity contribution in [1.82, 2.24) is 10.6 Å². The number of hydrogen-bond acceptors (Lipinski definition) is 3. The predicted molar refractivity (Wildman–Crippen MR) is 69.7 cm³/mol. The molecule has 0 heterocycles. The average molecular weight is 266 g/mol. The number of nitrogens with one attached hydrogen (secondary N) is 2. The number of aliphatic hydroxyl groups excluding tert-OH is 1.